The number of nitrogens with zero attached hydrogens (tertiary/aromatic N) is 2. The van der Waals surface area contributed by atoms with Gasteiger partial charge in [0.2, 0.25) is 0 Å². The molecule has 31 heavy (non-hydrogen) atoms. The molecule has 0 bridgehead atoms. The monoisotopic (exact) mass is 451 g/mol. The van der Waals surface area contributed by atoms with E-state index in [0.29, 0.717) is 16.6 Å². The van der Waals surface area contributed by atoms with E-state index in [0.717, 1.165) is 53.4 Å². The van der Waals surface area contributed by atoms with Gasteiger partial charge in [0, 0.05) is 44.8 Å². The maximum absolute atomic E-state index is 12.7. The first-order valence-electron chi connectivity index (χ1n) is 10.4. The van der Waals surface area contributed by atoms with Crippen LogP contribution in [0.1, 0.15) is 42.5 Å². The molecule has 1 aromatic heterocycles. The number of fused-ring (bicyclic) bond motifs is 1. The van der Waals surface area contributed by atoms with E-state index < -0.39 is 0 Å². The van der Waals surface area contributed by atoms with Gasteiger partial charge in [-0.2, -0.15) is 5.26 Å². The first kappa shape index (κ1) is 21.5. The zero-order chi connectivity index (χ0) is 22.0. The zero-order valence-corrected chi connectivity index (χ0v) is 18.8. The van der Waals surface area contributed by atoms with Gasteiger partial charge in [0.25, 0.3) is 5.91 Å². The smallest absolute Gasteiger partial charge is 0.262 e. The number of para-hydroxylation sites is 1. The van der Waals surface area contributed by atoms with Crippen molar-refractivity contribution in [2.75, 3.05) is 0 Å². The van der Waals surface area contributed by atoms with Crippen molar-refractivity contribution in [1.82, 2.24) is 9.88 Å². The summed E-state index contributed by atoms with van der Waals surface area (Å²) in [5, 5.41) is 14.9. The van der Waals surface area contributed by atoms with Crippen molar-refractivity contribution < 1.29 is 4.79 Å². The highest BCUT2D eigenvalue weighted by molar-refractivity contribution is 6.35. The Balaban J connectivity index is 1.74. The van der Waals surface area contributed by atoms with E-state index in [1.807, 2.05) is 43.3 Å². The Morgan fingerprint density at radius 1 is 1.23 bits per heavy atom. The van der Waals surface area contributed by atoms with Crippen LogP contribution in [-0.4, -0.2) is 16.5 Å². The first-order valence-corrected chi connectivity index (χ1v) is 11.2. The third kappa shape index (κ3) is 4.49. The van der Waals surface area contributed by atoms with Crippen LogP contribution in [0.2, 0.25) is 10.0 Å². The van der Waals surface area contributed by atoms with Crippen LogP contribution in [0, 0.1) is 18.3 Å². The minimum Gasteiger partial charge on any atom is -0.349 e. The van der Waals surface area contributed by atoms with E-state index in [9.17, 15) is 10.1 Å². The third-order valence-corrected chi connectivity index (χ3v) is 6.55. The molecule has 158 valence electrons. The summed E-state index contributed by atoms with van der Waals surface area (Å²) in [5.41, 5.74) is 3.94. The summed E-state index contributed by atoms with van der Waals surface area (Å²) in [6.07, 6.45) is 5.91. The lowest BCUT2D eigenvalue weighted by atomic mass is 10.1. The number of amides is 1. The lowest BCUT2D eigenvalue weighted by molar-refractivity contribution is -0.117. The maximum atomic E-state index is 12.7. The minimum atomic E-state index is -0.300. The molecule has 2 aromatic carbocycles. The highest BCUT2D eigenvalue weighted by Gasteiger charge is 2.21. The minimum absolute atomic E-state index is 0.127. The van der Waals surface area contributed by atoms with E-state index in [1.165, 1.54) is 0 Å². The second-order valence-corrected chi connectivity index (χ2v) is 8.81. The summed E-state index contributed by atoms with van der Waals surface area (Å²) in [5.74, 6) is -0.300. The SMILES string of the molecule is Cc1c(/C=C(/C#N)C(=O)NC2CCCC2)c2ccccc2n1Cc1ccc(Cl)cc1Cl. The highest BCUT2D eigenvalue weighted by atomic mass is 35.5. The van der Waals surface area contributed by atoms with Gasteiger partial charge in [-0.3, -0.25) is 4.79 Å². The Hall–Kier alpha value is -2.74. The van der Waals surface area contributed by atoms with Crippen molar-refractivity contribution in [2.45, 2.75) is 45.2 Å². The Bertz CT molecular complexity index is 1210. The van der Waals surface area contributed by atoms with Crippen LogP contribution >= 0.6 is 23.2 Å². The molecule has 1 aliphatic rings. The fraction of sp³-hybridized carbons (Fsp3) is 0.280. The van der Waals surface area contributed by atoms with Crippen molar-refractivity contribution in [3.63, 3.8) is 0 Å². The van der Waals surface area contributed by atoms with Gasteiger partial charge in [0.05, 0.1) is 0 Å². The van der Waals surface area contributed by atoms with Crippen LogP contribution in [0.15, 0.2) is 48.0 Å². The van der Waals surface area contributed by atoms with Crippen LogP contribution in [0.4, 0.5) is 0 Å². The van der Waals surface area contributed by atoms with Crippen LogP contribution in [0.3, 0.4) is 0 Å². The fourth-order valence-electron chi connectivity index (χ4n) is 4.29. The summed E-state index contributed by atoms with van der Waals surface area (Å²) in [6.45, 7) is 2.56. The number of halogens is 2. The number of nitriles is 1. The standard InChI is InChI=1S/C25H23Cl2N3O/c1-16-22(12-18(14-28)25(31)29-20-6-2-3-7-20)21-8-4-5-9-24(21)30(16)15-17-10-11-19(26)13-23(17)27/h4-5,8-13,20H,2-3,6-7,15H2,1H3,(H,29,31)/b18-12-. The molecule has 0 atom stereocenters. The molecule has 4 rings (SSSR count). The van der Waals surface area contributed by atoms with E-state index >= 15 is 0 Å². The summed E-state index contributed by atoms with van der Waals surface area (Å²) in [7, 11) is 0. The second kappa shape index (κ2) is 9.18. The number of carbonyl (C=O) groups excluding carboxylic acids is 1. The van der Waals surface area contributed by atoms with Crippen molar-refractivity contribution in [3.8, 4) is 6.07 Å². The van der Waals surface area contributed by atoms with Gasteiger partial charge < -0.3 is 9.88 Å². The van der Waals surface area contributed by atoms with Crippen LogP contribution in [-0.2, 0) is 11.3 Å². The number of benzene rings is 2. The van der Waals surface area contributed by atoms with Gasteiger partial charge in [-0.1, -0.05) is 60.3 Å². The molecule has 0 unspecified atom stereocenters. The lowest BCUT2D eigenvalue weighted by Gasteiger charge is -2.11. The van der Waals surface area contributed by atoms with E-state index in [-0.39, 0.29) is 17.5 Å². The molecule has 0 radical (unpaired) electrons. The van der Waals surface area contributed by atoms with Gasteiger partial charge >= 0.3 is 0 Å². The van der Waals surface area contributed by atoms with E-state index in [4.69, 9.17) is 23.2 Å². The quantitative estimate of drug-likeness (QED) is 0.366. The highest BCUT2D eigenvalue weighted by Crippen LogP contribution is 2.30. The maximum Gasteiger partial charge on any atom is 0.262 e. The second-order valence-electron chi connectivity index (χ2n) is 7.96. The lowest BCUT2D eigenvalue weighted by Crippen LogP contribution is -2.33. The normalized spacial score (nSPS) is 14.7. The van der Waals surface area contributed by atoms with Gasteiger partial charge in [0.1, 0.15) is 11.6 Å². The van der Waals surface area contributed by atoms with Crippen molar-refractivity contribution in [3.05, 3.63) is 74.9 Å². The van der Waals surface area contributed by atoms with Gasteiger partial charge in [-0.15, -0.1) is 0 Å². The van der Waals surface area contributed by atoms with Crippen LogP contribution in [0.5, 0.6) is 0 Å². The zero-order valence-electron chi connectivity index (χ0n) is 17.3. The average molecular weight is 452 g/mol. The number of aromatic nitrogens is 1. The molecule has 4 nitrogen and oxygen atoms in total. The van der Waals surface area contributed by atoms with E-state index in [1.54, 1.807) is 12.1 Å². The summed E-state index contributed by atoms with van der Waals surface area (Å²) in [4.78, 5) is 12.7. The molecule has 1 saturated carbocycles. The predicted molar refractivity (Wildman–Crippen MR) is 126 cm³/mol. The Kier molecular flexibility index (Phi) is 6.36. The third-order valence-electron chi connectivity index (χ3n) is 5.97. The molecule has 1 aliphatic carbocycles. The predicted octanol–water partition coefficient (Wildman–Crippen LogP) is 6.27. The van der Waals surface area contributed by atoms with Crippen molar-refractivity contribution in [2.24, 2.45) is 0 Å². The Labute approximate surface area is 192 Å². The van der Waals surface area contributed by atoms with Crippen molar-refractivity contribution >= 4 is 46.1 Å². The number of hydrogen-bond acceptors (Lipinski definition) is 2. The molecule has 0 spiro atoms. The molecule has 0 aliphatic heterocycles. The average Bonchev–Trinajstić information content (AvgIpc) is 3.35. The van der Waals surface area contributed by atoms with Gasteiger partial charge in [-0.25, -0.2) is 0 Å². The molecular weight excluding hydrogens is 429 g/mol. The molecular formula is C25H23Cl2N3O. The Morgan fingerprint density at radius 3 is 2.68 bits per heavy atom. The summed E-state index contributed by atoms with van der Waals surface area (Å²) < 4.78 is 2.15. The number of hydrogen-bond donors (Lipinski definition) is 1. The van der Waals surface area contributed by atoms with Crippen LogP contribution in [0.25, 0.3) is 17.0 Å². The summed E-state index contributed by atoms with van der Waals surface area (Å²) in [6, 6.07) is 15.7. The Morgan fingerprint density at radius 2 is 1.97 bits per heavy atom. The van der Waals surface area contributed by atoms with Crippen molar-refractivity contribution in [1.29, 1.82) is 5.26 Å². The summed E-state index contributed by atoms with van der Waals surface area (Å²) >= 11 is 12.5. The molecule has 1 heterocycles. The molecule has 3 aromatic rings. The number of nitrogens with one attached hydrogen (secondary N) is 1. The molecule has 6 heteroatoms. The molecule has 1 amide bonds. The first-order chi connectivity index (χ1) is 15.0. The van der Waals surface area contributed by atoms with Gasteiger partial charge in [0.15, 0.2) is 0 Å². The number of rotatable bonds is 5. The molecule has 1 N–H and O–H groups in total. The van der Waals surface area contributed by atoms with Crippen LogP contribution < -0.4 is 5.32 Å². The topological polar surface area (TPSA) is 57.8 Å². The fourth-order valence-corrected chi connectivity index (χ4v) is 4.76. The molecule has 1 fully saturated rings. The van der Waals surface area contributed by atoms with Gasteiger partial charge in [-0.05, 0) is 49.6 Å². The largest absolute Gasteiger partial charge is 0.349 e. The van der Waals surface area contributed by atoms with E-state index in [2.05, 4.69) is 16.0 Å². The number of carbonyl (C=O) groups is 1. The molecule has 0 saturated heterocycles.